The second-order valence-corrected chi connectivity index (χ2v) is 10.1. The van der Waals surface area contributed by atoms with Crippen LogP contribution in [-0.2, 0) is 0 Å². The van der Waals surface area contributed by atoms with Gasteiger partial charge in [0.25, 0.3) is 0 Å². The number of hydrogen-bond acceptors (Lipinski definition) is 6. The van der Waals surface area contributed by atoms with Crippen molar-refractivity contribution in [3.8, 4) is 21.9 Å². The van der Waals surface area contributed by atoms with Crippen LogP contribution in [0.25, 0.3) is 10.4 Å². The molecule has 0 spiro atoms. The first-order valence-corrected chi connectivity index (χ1v) is 13.2. The molecule has 2 aromatic rings. The number of methoxy groups -OCH3 is 1. The van der Waals surface area contributed by atoms with E-state index >= 15 is 0 Å². The fraction of sp³-hybridized carbons (Fsp3) is 0.577. The molecule has 1 aromatic carbocycles. The minimum Gasteiger partial charge on any atom is -0.493 e. The number of hydrogen-bond donors (Lipinski definition) is 1. The number of thiocarbonyl (C=S) groups is 1. The maximum Gasteiger partial charge on any atom is 0.161 e. The zero-order valence-electron chi connectivity index (χ0n) is 21.3. The van der Waals surface area contributed by atoms with Crippen molar-refractivity contribution in [1.29, 1.82) is 0 Å². The minimum absolute atomic E-state index is 0.521. The highest BCUT2D eigenvalue weighted by Gasteiger charge is 2.14. The molecule has 1 N–H and O–H groups in total. The Morgan fingerprint density at radius 2 is 1.70 bits per heavy atom. The molecule has 0 bridgehead atoms. The van der Waals surface area contributed by atoms with E-state index in [-0.39, 0.29) is 0 Å². The Kier molecular flexibility index (Phi) is 11.6. The first-order valence-electron chi connectivity index (χ1n) is 12.0. The largest absolute Gasteiger partial charge is 0.493 e. The summed E-state index contributed by atoms with van der Waals surface area (Å²) in [5.41, 5.74) is 1.10. The van der Waals surface area contributed by atoms with Crippen molar-refractivity contribution in [3.05, 3.63) is 35.2 Å². The van der Waals surface area contributed by atoms with Crippen LogP contribution in [0.5, 0.6) is 11.5 Å². The van der Waals surface area contributed by atoms with Crippen molar-refractivity contribution in [3.63, 3.8) is 0 Å². The maximum absolute atomic E-state index is 6.00. The van der Waals surface area contributed by atoms with Gasteiger partial charge in [-0.2, -0.15) is 0 Å². The molecule has 1 heterocycles. The topological polar surface area (TPSA) is 37.0 Å². The van der Waals surface area contributed by atoms with Crippen molar-refractivity contribution in [1.82, 2.24) is 15.1 Å². The fourth-order valence-electron chi connectivity index (χ4n) is 3.88. The Labute approximate surface area is 210 Å². The van der Waals surface area contributed by atoms with Crippen LogP contribution in [0.3, 0.4) is 0 Å². The Hall–Kier alpha value is -1.67. The lowest BCUT2D eigenvalue weighted by molar-refractivity contribution is 0.178. The molecule has 0 aliphatic rings. The van der Waals surface area contributed by atoms with E-state index in [0.717, 1.165) is 64.5 Å². The zero-order chi connectivity index (χ0) is 24.4. The van der Waals surface area contributed by atoms with Gasteiger partial charge < -0.3 is 19.7 Å². The van der Waals surface area contributed by atoms with Gasteiger partial charge in [0.15, 0.2) is 11.5 Å². The van der Waals surface area contributed by atoms with Gasteiger partial charge in [-0.15, -0.1) is 11.3 Å². The summed E-state index contributed by atoms with van der Waals surface area (Å²) in [6.07, 6.45) is 0. The van der Waals surface area contributed by atoms with E-state index in [4.69, 9.17) is 21.7 Å². The van der Waals surface area contributed by atoms with Crippen LogP contribution in [0, 0.1) is 0 Å². The number of nitrogens with zero attached hydrogens (tertiary/aromatic N) is 2. The second-order valence-electron chi connectivity index (χ2n) is 8.59. The summed E-state index contributed by atoms with van der Waals surface area (Å²) >= 11 is 7.36. The summed E-state index contributed by atoms with van der Waals surface area (Å²) in [5, 5.41) is 3.43. The molecule has 0 saturated heterocycles. The molecule has 0 aliphatic heterocycles. The predicted molar refractivity (Wildman–Crippen MR) is 146 cm³/mol. The average Bonchev–Trinajstić information content (AvgIpc) is 3.29. The zero-order valence-corrected chi connectivity index (χ0v) is 22.9. The van der Waals surface area contributed by atoms with Crippen molar-refractivity contribution in [2.75, 3.05) is 46.4 Å². The lowest BCUT2D eigenvalue weighted by atomic mass is 10.1. The normalized spacial score (nSPS) is 11.6. The monoisotopic (exact) mass is 491 g/mol. The predicted octanol–water partition coefficient (Wildman–Crippen LogP) is 5.53. The summed E-state index contributed by atoms with van der Waals surface area (Å²) in [6, 6.07) is 11.4. The third-order valence-corrected chi connectivity index (χ3v) is 7.46. The van der Waals surface area contributed by atoms with Crippen LogP contribution in [0.15, 0.2) is 30.3 Å². The Balaban J connectivity index is 1.98. The number of likely N-dealkylation sites (N-methyl/N-ethyl adjacent to an activating group) is 1. The Morgan fingerprint density at radius 3 is 2.30 bits per heavy atom. The number of nitrogens with one attached hydrogen (secondary N) is 1. The van der Waals surface area contributed by atoms with E-state index in [1.54, 1.807) is 18.4 Å². The van der Waals surface area contributed by atoms with Crippen LogP contribution in [-0.4, -0.2) is 73.3 Å². The summed E-state index contributed by atoms with van der Waals surface area (Å²) in [4.78, 5) is 7.86. The van der Waals surface area contributed by atoms with Gasteiger partial charge in [0, 0.05) is 36.6 Å². The fourth-order valence-corrected chi connectivity index (χ4v) is 5.09. The molecule has 0 saturated carbocycles. The van der Waals surface area contributed by atoms with Crippen molar-refractivity contribution in [2.24, 2.45) is 0 Å². The van der Waals surface area contributed by atoms with E-state index in [1.807, 2.05) is 12.1 Å². The SMILES string of the molecule is CCN(CC)CCOc1ccc(-c2ccc(C(=S)NCCN(C(C)C)C(C)C)s2)cc1OC. The molecule has 0 amide bonds. The molecule has 0 unspecified atom stereocenters. The smallest absolute Gasteiger partial charge is 0.161 e. The lowest BCUT2D eigenvalue weighted by Crippen LogP contribution is -2.42. The van der Waals surface area contributed by atoms with E-state index < -0.39 is 0 Å². The van der Waals surface area contributed by atoms with Gasteiger partial charge in [0.2, 0.25) is 0 Å². The van der Waals surface area contributed by atoms with E-state index in [0.29, 0.717) is 18.7 Å². The molecular weight excluding hydrogens is 450 g/mol. The Morgan fingerprint density at radius 1 is 1.00 bits per heavy atom. The highest BCUT2D eigenvalue weighted by molar-refractivity contribution is 7.81. The van der Waals surface area contributed by atoms with E-state index in [2.05, 4.69) is 74.9 Å². The van der Waals surface area contributed by atoms with Gasteiger partial charge in [0.1, 0.15) is 11.6 Å². The van der Waals surface area contributed by atoms with Crippen LogP contribution in [0.4, 0.5) is 0 Å². The molecule has 0 radical (unpaired) electrons. The molecule has 0 fully saturated rings. The molecule has 0 atom stereocenters. The van der Waals surface area contributed by atoms with Crippen molar-refractivity contribution >= 4 is 28.5 Å². The summed E-state index contributed by atoms with van der Waals surface area (Å²) < 4.78 is 11.6. The first-order chi connectivity index (χ1) is 15.8. The molecule has 2 rings (SSSR count). The molecule has 5 nitrogen and oxygen atoms in total. The highest BCUT2D eigenvalue weighted by atomic mass is 32.1. The third kappa shape index (κ3) is 8.25. The van der Waals surface area contributed by atoms with Crippen LogP contribution < -0.4 is 14.8 Å². The molecule has 0 aliphatic carbocycles. The summed E-state index contributed by atoms with van der Waals surface area (Å²) in [6.45, 7) is 18.7. The van der Waals surface area contributed by atoms with Gasteiger partial charge in [-0.05, 0) is 76.7 Å². The number of thiophene rings is 1. The molecule has 184 valence electrons. The summed E-state index contributed by atoms with van der Waals surface area (Å²) in [7, 11) is 1.69. The number of ether oxygens (including phenoxy) is 2. The average molecular weight is 492 g/mol. The van der Waals surface area contributed by atoms with Gasteiger partial charge in [-0.1, -0.05) is 26.1 Å². The van der Waals surface area contributed by atoms with Crippen LogP contribution in [0.1, 0.15) is 46.4 Å². The summed E-state index contributed by atoms with van der Waals surface area (Å²) in [5.74, 6) is 1.53. The number of rotatable bonds is 14. The second kappa shape index (κ2) is 13.9. The van der Waals surface area contributed by atoms with Crippen molar-refractivity contribution < 1.29 is 9.47 Å². The van der Waals surface area contributed by atoms with Crippen LogP contribution in [0.2, 0.25) is 0 Å². The highest BCUT2D eigenvalue weighted by Crippen LogP contribution is 2.35. The van der Waals surface area contributed by atoms with E-state index in [9.17, 15) is 0 Å². The van der Waals surface area contributed by atoms with Gasteiger partial charge >= 0.3 is 0 Å². The standard InChI is InChI=1S/C26H41N3O2S2/c1-8-28(9-2)16-17-31-22-11-10-21(18-23(22)30-7)24-12-13-25(33-24)26(32)27-14-15-29(19(3)4)20(5)6/h10-13,18-20H,8-9,14-17H2,1-7H3,(H,27,32). The van der Waals surface area contributed by atoms with Gasteiger partial charge in [-0.3, -0.25) is 4.90 Å². The third-order valence-electron chi connectivity index (χ3n) is 5.82. The van der Waals surface area contributed by atoms with Gasteiger partial charge in [0.05, 0.1) is 12.0 Å². The molecule has 7 heteroatoms. The van der Waals surface area contributed by atoms with E-state index in [1.165, 1.54) is 0 Å². The maximum atomic E-state index is 6.00. The molecule has 1 aromatic heterocycles. The van der Waals surface area contributed by atoms with Crippen molar-refractivity contribution in [2.45, 2.75) is 53.6 Å². The Bertz CT molecular complexity index is 855. The quantitative estimate of drug-likeness (QED) is 0.350. The molecular formula is C26H41N3O2S2. The lowest BCUT2D eigenvalue weighted by Gasteiger charge is -2.30. The first kappa shape index (κ1) is 27.6. The number of benzene rings is 1. The van der Waals surface area contributed by atoms with Crippen LogP contribution >= 0.6 is 23.6 Å². The minimum atomic E-state index is 0.521. The molecule has 33 heavy (non-hydrogen) atoms. The van der Waals surface area contributed by atoms with Gasteiger partial charge in [-0.25, -0.2) is 0 Å².